The van der Waals surface area contributed by atoms with Crippen LogP contribution in [0, 0.1) is 0 Å². The number of halogens is 3. The maximum absolute atomic E-state index is 13.0. The summed E-state index contributed by atoms with van der Waals surface area (Å²) in [5.41, 5.74) is -1.03. The number of nitrogens with zero attached hydrogens (tertiary/aromatic N) is 2. The monoisotopic (exact) mass is 308 g/mol. The van der Waals surface area contributed by atoms with Gasteiger partial charge in [-0.25, -0.2) is 4.68 Å². The fourth-order valence-corrected chi connectivity index (χ4v) is 2.41. The van der Waals surface area contributed by atoms with Crippen molar-refractivity contribution in [1.29, 1.82) is 0 Å². The first-order valence-electron chi connectivity index (χ1n) is 6.43. The standard InChI is InChI=1S/C15H11F3N2O2/c16-15(17,18)11-5-2-1-4-10(11)9-20-14(22)8-13(21)12-6-3-7-19(12)20/h1-8,21H,9H2. The molecule has 0 saturated carbocycles. The van der Waals surface area contributed by atoms with Gasteiger partial charge in [0.2, 0.25) is 0 Å². The lowest BCUT2D eigenvalue weighted by atomic mass is 10.1. The third-order valence-electron chi connectivity index (χ3n) is 3.41. The summed E-state index contributed by atoms with van der Waals surface area (Å²) in [4.78, 5) is 12.0. The van der Waals surface area contributed by atoms with Gasteiger partial charge in [-0.05, 0) is 23.8 Å². The SMILES string of the molecule is O=c1cc(O)c2cccn2n1Cc1ccccc1C(F)(F)F. The summed E-state index contributed by atoms with van der Waals surface area (Å²) in [6.45, 7) is -0.250. The molecule has 1 N–H and O–H groups in total. The molecule has 0 amide bonds. The van der Waals surface area contributed by atoms with E-state index in [4.69, 9.17) is 0 Å². The molecule has 0 aliphatic rings. The summed E-state index contributed by atoms with van der Waals surface area (Å²) < 4.78 is 41.6. The topological polar surface area (TPSA) is 46.6 Å². The van der Waals surface area contributed by atoms with Crippen LogP contribution in [0.4, 0.5) is 13.2 Å². The predicted octanol–water partition coefficient (Wildman–Crippen LogP) is 2.87. The van der Waals surface area contributed by atoms with Crippen LogP contribution in [0.25, 0.3) is 5.52 Å². The molecule has 0 unspecified atom stereocenters. The molecule has 4 nitrogen and oxygen atoms in total. The number of hydrogen-bond donors (Lipinski definition) is 1. The number of fused-ring (bicyclic) bond motifs is 1. The Morgan fingerprint density at radius 1 is 1.09 bits per heavy atom. The molecule has 2 aromatic heterocycles. The highest BCUT2D eigenvalue weighted by molar-refractivity contribution is 5.58. The fourth-order valence-electron chi connectivity index (χ4n) is 2.41. The lowest BCUT2D eigenvalue weighted by Gasteiger charge is -2.15. The molecule has 0 fully saturated rings. The summed E-state index contributed by atoms with van der Waals surface area (Å²) in [6, 6.07) is 9.26. The van der Waals surface area contributed by atoms with Crippen molar-refractivity contribution < 1.29 is 18.3 Å². The summed E-state index contributed by atoms with van der Waals surface area (Å²) in [7, 11) is 0. The number of alkyl halides is 3. The maximum Gasteiger partial charge on any atom is 0.416 e. The Kier molecular flexibility index (Phi) is 3.20. The van der Waals surface area contributed by atoms with Crippen LogP contribution in [0.5, 0.6) is 5.75 Å². The third-order valence-corrected chi connectivity index (χ3v) is 3.41. The quantitative estimate of drug-likeness (QED) is 0.791. The highest BCUT2D eigenvalue weighted by Gasteiger charge is 2.33. The molecule has 114 valence electrons. The van der Waals surface area contributed by atoms with Crippen molar-refractivity contribution >= 4 is 5.52 Å². The van der Waals surface area contributed by atoms with Gasteiger partial charge in [0.1, 0.15) is 11.3 Å². The Balaban J connectivity index is 2.17. The van der Waals surface area contributed by atoms with Gasteiger partial charge in [-0.3, -0.25) is 9.31 Å². The van der Waals surface area contributed by atoms with Gasteiger partial charge in [0.05, 0.1) is 12.1 Å². The Hall–Kier alpha value is -2.70. The van der Waals surface area contributed by atoms with E-state index in [0.717, 1.165) is 16.8 Å². The highest BCUT2D eigenvalue weighted by Crippen LogP contribution is 2.32. The Morgan fingerprint density at radius 2 is 1.82 bits per heavy atom. The third kappa shape index (κ3) is 2.34. The van der Waals surface area contributed by atoms with Gasteiger partial charge in [-0.1, -0.05) is 18.2 Å². The van der Waals surface area contributed by atoms with Gasteiger partial charge in [-0.15, -0.1) is 0 Å². The molecule has 0 radical (unpaired) electrons. The first kappa shape index (κ1) is 14.2. The van der Waals surface area contributed by atoms with Gasteiger partial charge >= 0.3 is 6.18 Å². The average molecular weight is 308 g/mol. The van der Waals surface area contributed by atoms with E-state index in [1.165, 1.54) is 28.9 Å². The first-order valence-corrected chi connectivity index (χ1v) is 6.43. The second kappa shape index (κ2) is 4.94. The van der Waals surface area contributed by atoms with Crippen LogP contribution in [-0.2, 0) is 12.7 Å². The summed E-state index contributed by atoms with van der Waals surface area (Å²) >= 11 is 0. The lowest BCUT2D eigenvalue weighted by molar-refractivity contribution is -0.138. The molecule has 1 aromatic carbocycles. The normalized spacial score (nSPS) is 12.0. The zero-order chi connectivity index (χ0) is 15.9. The van der Waals surface area contributed by atoms with Crippen LogP contribution in [0.3, 0.4) is 0 Å². The van der Waals surface area contributed by atoms with E-state index in [2.05, 4.69) is 0 Å². The van der Waals surface area contributed by atoms with Crippen LogP contribution in [-0.4, -0.2) is 14.3 Å². The van der Waals surface area contributed by atoms with E-state index in [-0.39, 0.29) is 17.9 Å². The van der Waals surface area contributed by atoms with E-state index in [1.807, 2.05) is 0 Å². The van der Waals surface area contributed by atoms with Crippen molar-refractivity contribution in [3.63, 3.8) is 0 Å². The van der Waals surface area contributed by atoms with Crippen molar-refractivity contribution in [3.8, 4) is 5.75 Å². The lowest BCUT2D eigenvalue weighted by Crippen LogP contribution is -2.26. The van der Waals surface area contributed by atoms with Crippen LogP contribution in [0.2, 0.25) is 0 Å². The highest BCUT2D eigenvalue weighted by atomic mass is 19.4. The molecule has 0 atom stereocenters. The van der Waals surface area contributed by atoms with E-state index in [9.17, 15) is 23.1 Å². The molecule has 3 aromatic rings. The molecule has 0 aliphatic carbocycles. The van der Waals surface area contributed by atoms with Gasteiger partial charge in [0, 0.05) is 12.3 Å². The fraction of sp³-hybridized carbons (Fsp3) is 0.133. The molecule has 2 heterocycles. The number of benzene rings is 1. The molecule has 0 aliphatic heterocycles. The van der Waals surface area contributed by atoms with Gasteiger partial charge in [0.15, 0.2) is 0 Å². The number of aromatic nitrogens is 2. The number of aromatic hydroxyl groups is 1. The minimum Gasteiger partial charge on any atom is -0.505 e. The average Bonchev–Trinajstić information content (AvgIpc) is 2.92. The molecule has 0 bridgehead atoms. The van der Waals surface area contributed by atoms with Gasteiger partial charge in [0.25, 0.3) is 5.56 Å². The zero-order valence-electron chi connectivity index (χ0n) is 11.2. The van der Waals surface area contributed by atoms with Crippen LogP contribution in [0.15, 0.2) is 53.5 Å². The van der Waals surface area contributed by atoms with Crippen molar-refractivity contribution in [2.45, 2.75) is 12.7 Å². The van der Waals surface area contributed by atoms with Crippen molar-refractivity contribution in [1.82, 2.24) is 9.20 Å². The predicted molar refractivity (Wildman–Crippen MR) is 73.9 cm³/mol. The van der Waals surface area contributed by atoms with E-state index < -0.39 is 17.3 Å². The van der Waals surface area contributed by atoms with E-state index in [0.29, 0.717) is 5.52 Å². The maximum atomic E-state index is 13.0. The van der Waals surface area contributed by atoms with Gasteiger partial charge in [-0.2, -0.15) is 13.2 Å². The summed E-state index contributed by atoms with van der Waals surface area (Å²) in [5.74, 6) is -0.213. The number of hydrogen-bond acceptors (Lipinski definition) is 2. The largest absolute Gasteiger partial charge is 0.505 e. The second-order valence-corrected chi connectivity index (χ2v) is 4.82. The van der Waals surface area contributed by atoms with Crippen LogP contribution >= 0.6 is 0 Å². The molecule has 0 spiro atoms. The smallest absolute Gasteiger partial charge is 0.416 e. The van der Waals surface area contributed by atoms with Crippen molar-refractivity contribution in [2.75, 3.05) is 0 Å². The second-order valence-electron chi connectivity index (χ2n) is 4.82. The van der Waals surface area contributed by atoms with Crippen LogP contribution in [0.1, 0.15) is 11.1 Å². The molecule has 0 saturated heterocycles. The minimum atomic E-state index is -4.49. The molecule has 3 rings (SSSR count). The molecular formula is C15H11F3N2O2. The molecule has 22 heavy (non-hydrogen) atoms. The molecular weight excluding hydrogens is 297 g/mol. The van der Waals surface area contributed by atoms with Crippen molar-refractivity contribution in [2.24, 2.45) is 0 Å². The summed E-state index contributed by atoms with van der Waals surface area (Å²) in [5, 5.41) is 9.70. The van der Waals surface area contributed by atoms with Crippen LogP contribution < -0.4 is 5.56 Å². The minimum absolute atomic E-state index is 0.0159. The molecule has 7 heteroatoms. The Labute approximate surface area is 122 Å². The number of rotatable bonds is 2. The van der Waals surface area contributed by atoms with Gasteiger partial charge < -0.3 is 5.11 Å². The Bertz CT molecular complexity index is 894. The first-order chi connectivity index (χ1) is 10.4. The van der Waals surface area contributed by atoms with E-state index >= 15 is 0 Å². The van der Waals surface area contributed by atoms with E-state index in [1.54, 1.807) is 12.1 Å². The summed E-state index contributed by atoms with van der Waals surface area (Å²) in [6.07, 6.45) is -2.99. The zero-order valence-corrected chi connectivity index (χ0v) is 11.2. The van der Waals surface area contributed by atoms with Crippen molar-refractivity contribution in [3.05, 3.63) is 70.1 Å². The Morgan fingerprint density at radius 3 is 2.55 bits per heavy atom.